The fourth-order valence-corrected chi connectivity index (χ4v) is 2.93. The summed E-state index contributed by atoms with van der Waals surface area (Å²) in [7, 11) is 5.04. The Balaban J connectivity index is 1.84. The predicted octanol–water partition coefficient (Wildman–Crippen LogP) is 2.41. The number of para-hydroxylation sites is 1. The molecule has 3 rings (SSSR count). The Kier molecular flexibility index (Phi) is 6.56. The molecule has 0 aliphatic carbocycles. The van der Waals surface area contributed by atoms with Crippen molar-refractivity contribution >= 4 is 23.3 Å². The molecule has 0 atom stereocenters. The Morgan fingerprint density at radius 1 is 0.967 bits per heavy atom. The van der Waals surface area contributed by atoms with Gasteiger partial charge < -0.3 is 14.4 Å². The van der Waals surface area contributed by atoms with Crippen LogP contribution in [0.1, 0.15) is 12.6 Å². The summed E-state index contributed by atoms with van der Waals surface area (Å²) in [6.07, 6.45) is 2.45. The van der Waals surface area contributed by atoms with E-state index in [1.807, 2.05) is 31.3 Å². The third-order valence-corrected chi connectivity index (χ3v) is 4.64. The van der Waals surface area contributed by atoms with Crippen LogP contribution in [0.2, 0.25) is 0 Å². The standard InChI is InChI=1S/C22H26N4O4/c1-5-17-22(25(4)20(28)15-29-16-10-7-6-8-11-16)26-13-9-12-18(21(26)23-17)30-14-19(27)24(2)3/h6-13H,5,14-15H2,1-4H3. The highest BCUT2D eigenvalue weighted by molar-refractivity contribution is 5.94. The molecule has 1 aromatic carbocycles. The molecule has 0 aliphatic rings. The number of amides is 2. The van der Waals surface area contributed by atoms with Gasteiger partial charge in [-0.15, -0.1) is 0 Å². The second kappa shape index (κ2) is 9.30. The highest BCUT2D eigenvalue weighted by atomic mass is 16.5. The van der Waals surface area contributed by atoms with E-state index in [2.05, 4.69) is 4.98 Å². The molecule has 0 radical (unpaired) electrons. The number of benzene rings is 1. The molecule has 0 bridgehead atoms. The lowest BCUT2D eigenvalue weighted by Gasteiger charge is -2.19. The first kappa shape index (κ1) is 21.2. The Hall–Kier alpha value is -3.55. The molecule has 8 nitrogen and oxygen atoms in total. The largest absolute Gasteiger partial charge is 0.484 e. The summed E-state index contributed by atoms with van der Waals surface area (Å²) in [5, 5.41) is 0. The van der Waals surface area contributed by atoms with Gasteiger partial charge in [0, 0.05) is 27.3 Å². The van der Waals surface area contributed by atoms with E-state index in [1.165, 1.54) is 9.80 Å². The smallest absolute Gasteiger partial charge is 0.265 e. The molecule has 0 unspecified atom stereocenters. The first-order chi connectivity index (χ1) is 14.4. The molecule has 3 aromatic rings. The van der Waals surface area contributed by atoms with Crippen molar-refractivity contribution < 1.29 is 19.1 Å². The number of hydrogen-bond donors (Lipinski definition) is 0. The van der Waals surface area contributed by atoms with Gasteiger partial charge in [0.15, 0.2) is 24.6 Å². The summed E-state index contributed by atoms with van der Waals surface area (Å²) >= 11 is 0. The minimum atomic E-state index is -0.204. The van der Waals surface area contributed by atoms with Crippen molar-refractivity contribution in [3.63, 3.8) is 0 Å². The number of hydrogen-bond acceptors (Lipinski definition) is 5. The van der Waals surface area contributed by atoms with E-state index < -0.39 is 0 Å². The number of ether oxygens (including phenoxy) is 2. The minimum Gasteiger partial charge on any atom is -0.484 e. The van der Waals surface area contributed by atoms with Crippen molar-refractivity contribution in [3.8, 4) is 11.5 Å². The van der Waals surface area contributed by atoms with Gasteiger partial charge in [-0.2, -0.15) is 0 Å². The number of imidazole rings is 1. The van der Waals surface area contributed by atoms with Gasteiger partial charge in [-0.3, -0.25) is 18.9 Å². The van der Waals surface area contributed by atoms with E-state index in [0.29, 0.717) is 29.4 Å². The fraction of sp³-hybridized carbons (Fsp3) is 0.318. The van der Waals surface area contributed by atoms with Crippen LogP contribution in [0.3, 0.4) is 0 Å². The van der Waals surface area contributed by atoms with Gasteiger partial charge in [0.05, 0.1) is 5.69 Å². The molecular formula is C22H26N4O4. The first-order valence-electron chi connectivity index (χ1n) is 9.69. The zero-order valence-corrected chi connectivity index (χ0v) is 17.7. The van der Waals surface area contributed by atoms with Crippen LogP contribution >= 0.6 is 0 Å². The average molecular weight is 410 g/mol. The Labute approximate surface area is 175 Å². The topological polar surface area (TPSA) is 76.4 Å². The molecule has 2 aromatic heterocycles. The van der Waals surface area contributed by atoms with Gasteiger partial charge in [-0.1, -0.05) is 25.1 Å². The van der Waals surface area contributed by atoms with Gasteiger partial charge >= 0.3 is 0 Å². The molecule has 0 fully saturated rings. The number of rotatable bonds is 8. The average Bonchev–Trinajstić information content (AvgIpc) is 3.15. The minimum absolute atomic E-state index is 0.0873. The van der Waals surface area contributed by atoms with Crippen molar-refractivity contribution in [2.24, 2.45) is 0 Å². The molecule has 2 amide bonds. The predicted molar refractivity (Wildman–Crippen MR) is 114 cm³/mol. The summed E-state index contributed by atoms with van der Waals surface area (Å²) in [6, 6.07) is 12.8. The van der Waals surface area contributed by atoms with Crippen LogP contribution in [0.25, 0.3) is 5.65 Å². The maximum absolute atomic E-state index is 12.8. The van der Waals surface area contributed by atoms with E-state index in [-0.39, 0.29) is 25.0 Å². The molecular weight excluding hydrogens is 384 g/mol. The third kappa shape index (κ3) is 4.53. The van der Waals surface area contributed by atoms with Crippen LogP contribution in [0.5, 0.6) is 11.5 Å². The van der Waals surface area contributed by atoms with Crippen LogP contribution in [0.15, 0.2) is 48.7 Å². The van der Waals surface area contributed by atoms with Crippen molar-refractivity contribution in [2.45, 2.75) is 13.3 Å². The van der Waals surface area contributed by atoms with E-state index in [1.54, 1.807) is 49.8 Å². The van der Waals surface area contributed by atoms with Gasteiger partial charge in [0.1, 0.15) is 11.6 Å². The fourth-order valence-electron chi connectivity index (χ4n) is 2.93. The Morgan fingerprint density at radius 2 is 1.67 bits per heavy atom. The molecule has 8 heteroatoms. The number of pyridine rings is 1. The van der Waals surface area contributed by atoms with E-state index in [4.69, 9.17) is 9.47 Å². The SMILES string of the molecule is CCc1nc2c(OCC(=O)N(C)C)cccn2c1N(C)C(=O)COc1ccccc1. The summed E-state index contributed by atoms with van der Waals surface area (Å²) in [5.41, 5.74) is 1.31. The van der Waals surface area contributed by atoms with Gasteiger partial charge in [0.2, 0.25) is 0 Å². The number of aromatic nitrogens is 2. The summed E-state index contributed by atoms with van der Waals surface area (Å²) in [5.74, 6) is 1.41. The lowest BCUT2D eigenvalue weighted by molar-refractivity contribution is -0.130. The number of carbonyl (C=O) groups excluding carboxylic acids is 2. The maximum atomic E-state index is 12.8. The maximum Gasteiger partial charge on any atom is 0.265 e. The van der Waals surface area contributed by atoms with Crippen molar-refractivity contribution in [1.29, 1.82) is 0 Å². The molecule has 0 aliphatic heterocycles. The number of aryl methyl sites for hydroxylation is 1. The van der Waals surface area contributed by atoms with Crippen molar-refractivity contribution in [1.82, 2.24) is 14.3 Å². The molecule has 30 heavy (non-hydrogen) atoms. The first-order valence-corrected chi connectivity index (χ1v) is 9.69. The summed E-state index contributed by atoms with van der Waals surface area (Å²) in [6.45, 7) is 1.79. The van der Waals surface area contributed by atoms with Gasteiger partial charge in [-0.05, 0) is 30.7 Å². The zero-order valence-electron chi connectivity index (χ0n) is 17.7. The highest BCUT2D eigenvalue weighted by Gasteiger charge is 2.22. The summed E-state index contributed by atoms with van der Waals surface area (Å²) in [4.78, 5) is 32.3. The molecule has 0 saturated carbocycles. The van der Waals surface area contributed by atoms with E-state index in [0.717, 1.165) is 5.69 Å². The number of fused-ring (bicyclic) bond motifs is 1. The number of nitrogens with zero attached hydrogens (tertiary/aromatic N) is 4. The normalized spacial score (nSPS) is 10.7. The second-order valence-corrected chi connectivity index (χ2v) is 6.93. The van der Waals surface area contributed by atoms with Crippen LogP contribution in [0, 0.1) is 0 Å². The monoisotopic (exact) mass is 410 g/mol. The lowest BCUT2D eigenvalue weighted by atomic mass is 10.3. The van der Waals surface area contributed by atoms with Crippen molar-refractivity contribution in [2.75, 3.05) is 39.3 Å². The Bertz CT molecular complexity index is 1030. The van der Waals surface area contributed by atoms with E-state index >= 15 is 0 Å². The summed E-state index contributed by atoms with van der Waals surface area (Å²) < 4.78 is 13.1. The van der Waals surface area contributed by atoms with Gasteiger partial charge in [0.25, 0.3) is 11.8 Å². The van der Waals surface area contributed by atoms with Gasteiger partial charge in [-0.25, -0.2) is 4.98 Å². The number of likely N-dealkylation sites (N-methyl/N-ethyl adjacent to an activating group) is 2. The quantitative estimate of drug-likeness (QED) is 0.570. The highest BCUT2D eigenvalue weighted by Crippen LogP contribution is 2.28. The lowest BCUT2D eigenvalue weighted by Crippen LogP contribution is -2.32. The Morgan fingerprint density at radius 3 is 2.33 bits per heavy atom. The molecule has 158 valence electrons. The molecule has 0 saturated heterocycles. The zero-order chi connectivity index (χ0) is 21.7. The number of carbonyl (C=O) groups is 2. The number of anilines is 1. The van der Waals surface area contributed by atoms with Crippen LogP contribution in [-0.2, 0) is 16.0 Å². The second-order valence-electron chi connectivity index (χ2n) is 6.93. The van der Waals surface area contributed by atoms with Crippen molar-refractivity contribution in [3.05, 3.63) is 54.4 Å². The van der Waals surface area contributed by atoms with Crippen LogP contribution in [0.4, 0.5) is 5.82 Å². The molecule has 0 spiro atoms. The third-order valence-electron chi connectivity index (χ3n) is 4.64. The molecule has 0 N–H and O–H groups in total. The van der Waals surface area contributed by atoms with Crippen LogP contribution < -0.4 is 14.4 Å². The molecule has 2 heterocycles. The van der Waals surface area contributed by atoms with E-state index in [9.17, 15) is 9.59 Å². The van der Waals surface area contributed by atoms with Crippen LogP contribution in [-0.4, -0.2) is 60.5 Å².